The Hall–Kier alpha value is -4.30. The van der Waals surface area contributed by atoms with Gasteiger partial charge in [0.25, 0.3) is 0 Å². The Balaban J connectivity index is 1.56. The third kappa shape index (κ3) is 4.63. The fourth-order valence-corrected chi connectivity index (χ4v) is 4.91. The third-order valence-corrected chi connectivity index (χ3v) is 6.75. The number of aromatic hydroxyl groups is 1. The van der Waals surface area contributed by atoms with Gasteiger partial charge >= 0.3 is 0 Å². The number of methoxy groups -OCH3 is 3. The van der Waals surface area contributed by atoms with E-state index in [-0.39, 0.29) is 11.8 Å². The molecule has 1 heterocycles. The Morgan fingerprint density at radius 1 is 0.919 bits per heavy atom. The number of hydrogen-bond donors (Lipinski definition) is 2. The van der Waals surface area contributed by atoms with Crippen molar-refractivity contribution in [2.24, 2.45) is 5.10 Å². The molecule has 0 saturated heterocycles. The van der Waals surface area contributed by atoms with Gasteiger partial charge in [-0.25, -0.2) is 5.01 Å². The van der Waals surface area contributed by atoms with Crippen molar-refractivity contribution in [3.05, 3.63) is 90.0 Å². The zero-order valence-electron chi connectivity index (χ0n) is 20.8. The van der Waals surface area contributed by atoms with E-state index < -0.39 is 0 Å². The van der Waals surface area contributed by atoms with E-state index in [1.807, 2.05) is 78.9 Å². The molecule has 1 unspecified atom stereocenters. The summed E-state index contributed by atoms with van der Waals surface area (Å²) in [6.07, 6.45) is 0.500. The van der Waals surface area contributed by atoms with Crippen LogP contribution in [0.5, 0.6) is 23.0 Å². The van der Waals surface area contributed by atoms with Gasteiger partial charge in [0.2, 0.25) is 0 Å². The van der Waals surface area contributed by atoms with Crippen molar-refractivity contribution >= 4 is 39.5 Å². The Labute approximate surface area is 220 Å². The van der Waals surface area contributed by atoms with Crippen LogP contribution < -0.4 is 19.5 Å². The van der Waals surface area contributed by atoms with Crippen LogP contribution in [-0.4, -0.2) is 42.3 Å². The maximum absolute atomic E-state index is 11.2. The summed E-state index contributed by atoms with van der Waals surface area (Å²) in [6.45, 7) is 0. The van der Waals surface area contributed by atoms with Gasteiger partial charge in [0.15, 0.2) is 16.6 Å². The largest absolute Gasteiger partial charge is 0.507 e. The van der Waals surface area contributed by atoms with Crippen LogP contribution in [0.15, 0.2) is 84.0 Å². The highest BCUT2D eigenvalue weighted by Crippen LogP contribution is 2.43. The predicted octanol–water partition coefficient (Wildman–Crippen LogP) is 6.12. The van der Waals surface area contributed by atoms with E-state index in [1.165, 1.54) is 0 Å². The number of fused-ring (bicyclic) bond motifs is 1. The minimum atomic E-state index is -0.288. The van der Waals surface area contributed by atoms with Crippen LogP contribution >= 0.6 is 12.2 Å². The van der Waals surface area contributed by atoms with E-state index in [9.17, 15) is 5.11 Å². The molecule has 1 aliphatic heterocycles. The lowest BCUT2D eigenvalue weighted by Gasteiger charge is -2.26. The average molecular weight is 514 g/mol. The molecule has 0 bridgehead atoms. The molecule has 37 heavy (non-hydrogen) atoms. The number of rotatable bonds is 6. The summed E-state index contributed by atoms with van der Waals surface area (Å²) in [5.74, 6) is 2.19. The standard InChI is InChI=1S/C29H27N3O4S/c1-34-20-14-12-19(13-15-20)30-29(37)32-25(23-9-6-10-26(35-2)28(23)36-3)17-24(31-32)22-16-11-18-7-4-5-8-21(18)27(22)33/h4-16,25,33H,17H2,1-3H3,(H,30,37). The lowest BCUT2D eigenvalue weighted by atomic mass is 9.95. The highest BCUT2D eigenvalue weighted by atomic mass is 32.1. The van der Waals surface area contributed by atoms with Gasteiger partial charge in [0.05, 0.1) is 33.1 Å². The smallest absolute Gasteiger partial charge is 0.194 e. The van der Waals surface area contributed by atoms with Crippen LogP contribution in [0.2, 0.25) is 0 Å². The van der Waals surface area contributed by atoms with Gasteiger partial charge in [-0.2, -0.15) is 5.10 Å². The average Bonchev–Trinajstić information content (AvgIpc) is 3.38. The van der Waals surface area contributed by atoms with Crippen LogP contribution in [0.25, 0.3) is 10.8 Å². The van der Waals surface area contributed by atoms with Gasteiger partial charge in [0, 0.05) is 28.6 Å². The molecule has 188 valence electrons. The Morgan fingerprint density at radius 3 is 2.43 bits per heavy atom. The normalized spacial score (nSPS) is 14.8. The van der Waals surface area contributed by atoms with E-state index >= 15 is 0 Å². The minimum Gasteiger partial charge on any atom is -0.507 e. The molecular formula is C29H27N3O4S. The maximum Gasteiger partial charge on any atom is 0.194 e. The summed E-state index contributed by atoms with van der Waals surface area (Å²) in [5.41, 5.74) is 3.07. The van der Waals surface area contributed by atoms with Crippen molar-refractivity contribution in [3.63, 3.8) is 0 Å². The summed E-state index contributed by atoms with van der Waals surface area (Å²) in [4.78, 5) is 0. The fraction of sp³-hybridized carbons (Fsp3) is 0.172. The molecule has 0 fully saturated rings. The second-order valence-corrected chi connectivity index (χ2v) is 8.92. The molecule has 0 aromatic heterocycles. The Bertz CT molecular complexity index is 1490. The molecule has 0 radical (unpaired) electrons. The highest BCUT2D eigenvalue weighted by molar-refractivity contribution is 7.80. The second kappa shape index (κ2) is 10.4. The van der Waals surface area contributed by atoms with Crippen molar-refractivity contribution in [3.8, 4) is 23.0 Å². The molecule has 1 atom stereocenters. The first-order chi connectivity index (χ1) is 18.0. The van der Waals surface area contributed by atoms with Gasteiger partial charge in [0.1, 0.15) is 11.5 Å². The zero-order chi connectivity index (χ0) is 25.9. The Kier molecular flexibility index (Phi) is 6.83. The van der Waals surface area contributed by atoms with Crippen LogP contribution in [-0.2, 0) is 0 Å². The number of nitrogens with zero attached hydrogens (tertiary/aromatic N) is 2. The Morgan fingerprint density at radius 2 is 1.70 bits per heavy atom. The summed E-state index contributed by atoms with van der Waals surface area (Å²) in [5, 5.41) is 23.3. The van der Waals surface area contributed by atoms with E-state index in [1.54, 1.807) is 26.3 Å². The van der Waals surface area contributed by atoms with Crippen molar-refractivity contribution < 1.29 is 19.3 Å². The number of anilines is 1. The zero-order valence-corrected chi connectivity index (χ0v) is 21.6. The summed E-state index contributed by atoms with van der Waals surface area (Å²) < 4.78 is 16.6. The summed E-state index contributed by atoms with van der Waals surface area (Å²) in [6, 6.07) is 24.6. The van der Waals surface area contributed by atoms with Crippen molar-refractivity contribution in [2.75, 3.05) is 26.6 Å². The van der Waals surface area contributed by atoms with E-state index in [0.717, 1.165) is 33.5 Å². The first-order valence-electron chi connectivity index (χ1n) is 11.8. The lowest BCUT2D eigenvalue weighted by molar-refractivity contribution is 0.327. The molecule has 4 aromatic carbocycles. The molecule has 4 aromatic rings. The van der Waals surface area contributed by atoms with Gasteiger partial charge < -0.3 is 24.6 Å². The quantitative estimate of drug-likeness (QED) is 0.301. The molecule has 0 saturated carbocycles. The molecule has 0 spiro atoms. The molecule has 7 nitrogen and oxygen atoms in total. The number of hydrogen-bond acceptors (Lipinski definition) is 6. The number of phenols is 1. The highest BCUT2D eigenvalue weighted by Gasteiger charge is 2.35. The van der Waals surface area contributed by atoms with Crippen LogP contribution in [0.3, 0.4) is 0 Å². The molecule has 0 aliphatic carbocycles. The minimum absolute atomic E-state index is 0.198. The first-order valence-corrected chi connectivity index (χ1v) is 12.2. The van der Waals surface area contributed by atoms with Crippen LogP contribution in [0.1, 0.15) is 23.6 Å². The number of hydrazone groups is 1. The molecule has 8 heteroatoms. The topological polar surface area (TPSA) is 75.6 Å². The van der Waals surface area contributed by atoms with Crippen molar-refractivity contribution in [1.82, 2.24) is 5.01 Å². The number of ether oxygens (including phenoxy) is 3. The molecular weight excluding hydrogens is 486 g/mol. The van der Waals surface area contributed by atoms with Gasteiger partial charge in [-0.15, -0.1) is 0 Å². The molecule has 1 aliphatic rings. The van der Waals surface area contributed by atoms with E-state index in [0.29, 0.717) is 28.6 Å². The monoisotopic (exact) mass is 513 g/mol. The maximum atomic E-state index is 11.2. The number of nitrogens with one attached hydrogen (secondary N) is 1. The van der Waals surface area contributed by atoms with Gasteiger partial charge in [-0.1, -0.05) is 42.5 Å². The number of phenolic OH excluding ortho intramolecular Hbond substituents is 1. The number of thiocarbonyl (C=S) groups is 1. The van der Waals surface area contributed by atoms with E-state index in [4.69, 9.17) is 31.5 Å². The second-order valence-electron chi connectivity index (χ2n) is 8.54. The van der Waals surface area contributed by atoms with Gasteiger partial charge in [-0.05, 0) is 54.0 Å². The lowest BCUT2D eigenvalue weighted by Crippen LogP contribution is -2.31. The summed E-state index contributed by atoms with van der Waals surface area (Å²) >= 11 is 5.83. The van der Waals surface area contributed by atoms with Crippen LogP contribution in [0, 0.1) is 0 Å². The predicted molar refractivity (Wildman–Crippen MR) is 150 cm³/mol. The molecule has 2 N–H and O–H groups in total. The molecule has 5 rings (SSSR count). The van der Waals surface area contributed by atoms with Crippen molar-refractivity contribution in [1.29, 1.82) is 0 Å². The third-order valence-electron chi connectivity index (χ3n) is 6.46. The SMILES string of the molecule is COc1ccc(NC(=S)N2N=C(c3ccc4ccccc4c3O)CC2c2cccc(OC)c2OC)cc1. The fourth-order valence-electron chi connectivity index (χ4n) is 4.62. The first kappa shape index (κ1) is 24.4. The van der Waals surface area contributed by atoms with Crippen molar-refractivity contribution in [2.45, 2.75) is 12.5 Å². The summed E-state index contributed by atoms with van der Waals surface area (Å²) in [7, 11) is 4.85. The number of para-hydroxylation sites is 1. The number of benzene rings is 4. The van der Waals surface area contributed by atoms with Gasteiger partial charge in [-0.3, -0.25) is 0 Å². The molecule has 0 amide bonds. The van der Waals surface area contributed by atoms with Crippen LogP contribution in [0.4, 0.5) is 5.69 Å². The van der Waals surface area contributed by atoms with E-state index in [2.05, 4.69) is 5.32 Å².